The molecule has 0 aliphatic heterocycles. The molecule has 6 nitrogen and oxygen atoms in total. The van der Waals surface area contributed by atoms with Gasteiger partial charge >= 0.3 is 0 Å². The highest BCUT2D eigenvalue weighted by Gasteiger charge is 2.25. The molecule has 0 saturated heterocycles. The van der Waals surface area contributed by atoms with Gasteiger partial charge in [0.1, 0.15) is 11.6 Å². The number of carbonyl (C=O) groups excluding carboxylic acids is 1. The number of hydrogen-bond donors (Lipinski definition) is 2. The van der Waals surface area contributed by atoms with Crippen molar-refractivity contribution in [3.8, 4) is 0 Å². The Morgan fingerprint density at radius 2 is 2.00 bits per heavy atom. The lowest BCUT2D eigenvalue weighted by Crippen LogP contribution is -2.25. The van der Waals surface area contributed by atoms with Gasteiger partial charge in [0.2, 0.25) is 5.91 Å². The zero-order chi connectivity index (χ0) is 15.5. The van der Waals surface area contributed by atoms with Gasteiger partial charge in [-0.1, -0.05) is 0 Å². The Labute approximate surface area is 121 Å². The fraction of sp³-hybridized carbons (Fsp3) is 0.231. The van der Waals surface area contributed by atoms with E-state index in [1.807, 2.05) is 0 Å². The molecule has 0 unspecified atom stereocenters. The van der Waals surface area contributed by atoms with Crippen molar-refractivity contribution < 1.29 is 17.6 Å². The predicted octanol–water partition coefficient (Wildman–Crippen LogP) is 1.74. The van der Waals surface area contributed by atoms with E-state index in [-0.39, 0.29) is 11.3 Å². The van der Waals surface area contributed by atoms with Crippen molar-refractivity contribution in [1.29, 1.82) is 0 Å². The molecule has 1 heterocycles. The topological polar surface area (TPSA) is 91.9 Å². The van der Waals surface area contributed by atoms with Crippen LogP contribution in [0.3, 0.4) is 0 Å². The molecule has 1 amide bonds. The molecule has 1 atom stereocenters. The minimum Gasteiger partial charge on any atom is -0.311 e. The van der Waals surface area contributed by atoms with Crippen LogP contribution in [0, 0.1) is 5.82 Å². The smallest absolute Gasteiger partial charge is 0.226 e. The van der Waals surface area contributed by atoms with Crippen LogP contribution in [0.25, 0.3) is 0 Å². The summed E-state index contributed by atoms with van der Waals surface area (Å²) in [5.41, 5.74) is 0. The Bertz CT molecular complexity index is 712. The second-order valence-electron chi connectivity index (χ2n) is 4.53. The molecule has 0 saturated carbocycles. The van der Waals surface area contributed by atoms with Crippen LogP contribution in [-0.4, -0.2) is 29.8 Å². The van der Waals surface area contributed by atoms with Crippen LogP contribution in [0.1, 0.15) is 13.3 Å². The minimum absolute atomic E-state index is 0.00857. The van der Waals surface area contributed by atoms with Gasteiger partial charge in [-0.25, -0.2) is 12.8 Å². The summed E-state index contributed by atoms with van der Waals surface area (Å²) in [7, 11) is -3.68. The maximum atomic E-state index is 12.8. The zero-order valence-electron chi connectivity index (χ0n) is 11.2. The molecule has 0 spiro atoms. The summed E-state index contributed by atoms with van der Waals surface area (Å²) in [5.74, 6) is -0.567. The highest BCUT2D eigenvalue weighted by atomic mass is 32.2. The normalized spacial score (nSPS) is 12.9. The van der Waals surface area contributed by atoms with Gasteiger partial charge < -0.3 is 5.32 Å². The largest absolute Gasteiger partial charge is 0.311 e. The van der Waals surface area contributed by atoms with Crippen LogP contribution in [0.5, 0.6) is 0 Å². The fourth-order valence-electron chi connectivity index (χ4n) is 1.75. The summed E-state index contributed by atoms with van der Waals surface area (Å²) in [5, 5.41) is 7.79. The van der Waals surface area contributed by atoms with E-state index in [1.165, 1.54) is 25.3 Å². The monoisotopic (exact) mass is 311 g/mol. The number of nitrogens with zero attached hydrogens (tertiary/aromatic N) is 1. The van der Waals surface area contributed by atoms with Gasteiger partial charge in [0.15, 0.2) is 9.84 Å². The molecule has 2 N–H and O–H groups in total. The number of sulfone groups is 1. The van der Waals surface area contributed by atoms with Crippen molar-refractivity contribution in [3.63, 3.8) is 0 Å². The first kappa shape index (κ1) is 15.2. The van der Waals surface area contributed by atoms with E-state index in [4.69, 9.17) is 0 Å². The van der Waals surface area contributed by atoms with E-state index in [9.17, 15) is 17.6 Å². The number of nitrogens with one attached hydrogen (secondary N) is 2. The summed E-state index contributed by atoms with van der Waals surface area (Å²) in [4.78, 5) is 11.8. The van der Waals surface area contributed by atoms with Crippen molar-refractivity contribution in [3.05, 3.63) is 42.3 Å². The maximum Gasteiger partial charge on any atom is 0.226 e. The summed E-state index contributed by atoms with van der Waals surface area (Å²) >= 11 is 0. The van der Waals surface area contributed by atoms with Crippen molar-refractivity contribution in [1.82, 2.24) is 10.2 Å². The maximum absolute atomic E-state index is 12.8. The number of amides is 1. The van der Waals surface area contributed by atoms with Crippen molar-refractivity contribution in [2.75, 3.05) is 5.32 Å². The number of halogens is 1. The first-order chi connectivity index (χ1) is 9.89. The van der Waals surface area contributed by atoms with Gasteiger partial charge in [0.05, 0.1) is 16.3 Å². The Balaban J connectivity index is 2.06. The first-order valence-corrected chi connectivity index (χ1v) is 7.73. The van der Waals surface area contributed by atoms with Gasteiger partial charge in [0.25, 0.3) is 0 Å². The van der Waals surface area contributed by atoms with E-state index in [0.717, 1.165) is 12.1 Å². The highest BCUT2D eigenvalue weighted by molar-refractivity contribution is 7.92. The number of benzene rings is 1. The molecular formula is C13H14FN3O3S. The lowest BCUT2D eigenvalue weighted by atomic mass is 10.3. The average Bonchev–Trinajstić information content (AvgIpc) is 2.91. The van der Waals surface area contributed by atoms with Crippen molar-refractivity contribution in [2.24, 2.45) is 0 Å². The molecule has 0 radical (unpaired) electrons. The third kappa shape index (κ3) is 3.66. The van der Waals surface area contributed by atoms with Crippen LogP contribution in [0.2, 0.25) is 0 Å². The Hall–Kier alpha value is -2.22. The van der Waals surface area contributed by atoms with Gasteiger partial charge in [-0.05, 0) is 31.2 Å². The van der Waals surface area contributed by atoms with Crippen LogP contribution in [0.4, 0.5) is 10.2 Å². The van der Waals surface area contributed by atoms with E-state index in [2.05, 4.69) is 15.5 Å². The standard InChI is InChI=1S/C13H14FN3O3S/c1-9(8-13(18)16-12-6-7-15-17-12)21(19,20)11-4-2-10(14)3-5-11/h2-7,9H,8H2,1H3,(H2,15,16,17,18)/t9-/m0/s1. The molecular weight excluding hydrogens is 297 g/mol. The molecule has 2 aromatic rings. The number of hydrogen-bond acceptors (Lipinski definition) is 4. The summed E-state index contributed by atoms with van der Waals surface area (Å²) in [6, 6.07) is 6.08. The Kier molecular flexibility index (Phi) is 4.37. The number of rotatable bonds is 5. The first-order valence-electron chi connectivity index (χ1n) is 6.18. The minimum atomic E-state index is -3.68. The highest BCUT2D eigenvalue weighted by Crippen LogP contribution is 2.19. The summed E-state index contributed by atoms with van der Waals surface area (Å²) in [6.45, 7) is 1.44. The number of aromatic nitrogens is 2. The molecule has 0 fully saturated rings. The zero-order valence-corrected chi connectivity index (χ0v) is 12.0. The number of carbonyl (C=O) groups is 1. The Morgan fingerprint density at radius 3 is 2.57 bits per heavy atom. The molecule has 0 aliphatic carbocycles. The summed E-state index contributed by atoms with van der Waals surface area (Å²) in [6.07, 6.45) is 1.26. The number of anilines is 1. The third-order valence-corrected chi connectivity index (χ3v) is 5.07. The quantitative estimate of drug-likeness (QED) is 0.823. The van der Waals surface area contributed by atoms with E-state index in [1.54, 1.807) is 6.07 Å². The lowest BCUT2D eigenvalue weighted by Gasteiger charge is -2.12. The molecule has 112 valence electrons. The molecule has 21 heavy (non-hydrogen) atoms. The SMILES string of the molecule is C[C@@H](CC(=O)Nc1ccn[nH]1)S(=O)(=O)c1ccc(F)cc1. The van der Waals surface area contributed by atoms with Gasteiger partial charge in [-0.2, -0.15) is 5.10 Å². The summed E-state index contributed by atoms with van der Waals surface area (Å²) < 4.78 is 37.3. The number of aromatic amines is 1. The van der Waals surface area contributed by atoms with Gasteiger partial charge in [-0.15, -0.1) is 0 Å². The van der Waals surface area contributed by atoms with Crippen molar-refractivity contribution in [2.45, 2.75) is 23.5 Å². The van der Waals surface area contributed by atoms with Gasteiger partial charge in [-0.3, -0.25) is 9.89 Å². The molecule has 1 aromatic carbocycles. The average molecular weight is 311 g/mol. The third-order valence-electron chi connectivity index (χ3n) is 2.92. The van der Waals surface area contributed by atoms with E-state index >= 15 is 0 Å². The van der Waals surface area contributed by atoms with Gasteiger partial charge in [0, 0.05) is 12.5 Å². The molecule has 8 heteroatoms. The fourth-order valence-corrected chi connectivity index (χ4v) is 3.10. The van der Waals surface area contributed by atoms with Crippen LogP contribution < -0.4 is 5.32 Å². The van der Waals surface area contributed by atoms with Crippen LogP contribution in [-0.2, 0) is 14.6 Å². The molecule has 1 aromatic heterocycles. The van der Waals surface area contributed by atoms with E-state index in [0.29, 0.717) is 5.82 Å². The number of H-pyrrole nitrogens is 1. The second kappa shape index (κ2) is 6.04. The predicted molar refractivity (Wildman–Crippen MR) is 74.9 cm³/mol. The van der Waals surface area contributed by atoms with E-state index < -0.39 is 26.8 Å². The molecule has 0 bridgehead atoms. The Morgan fingerprint density at radius 1 is 1.33 bits per heavy atom. The van der Waals surface area contributed by atoms with Crippen molar-refractivity contribution >= 4 is 21.6 Å². The molecule has 0 aliphatic rings. The second-order valence-corrected chi connectivity index (χ2v) is 6.90. The molecule has 2 rings (SSSR count). The van der Waals surface area contributed by atoms with Crippen LogP contribution >= 0.6 is 0 Å². The van der Waals surface area contributed by atoms with Crippen LogP contribution in [0.15, 0.2) is 41.4 Å². The lowest BCUT2D eigenvalue weighted by molar-refractivity contribution is -0.116.